The highest BCUT2D eigenvalue weighted by Crippen LogP contribution is 2.39. The molecule has 0 aliphatic heterocycles. The van der Waals surface area contributed by atoms with Gasteiger partial charge in [0.25, 0.3) is 0 Å². The molecule has 0 saturated heterocycles. The highest BCUT2D eigenvalue weighted by molar-refractivity contribution is 5.53. The Labute approximate surface area is 73.5 Å². The van der Waals surface area contributed by atoms with Crippen molar-refractivity contribution in [3.63, 3.8) is 0 Å². The van der Waals surface area contributed by atoms with E-state index >= 15 is 0 Å². The van der Waals surface area contributed by atoms with Gasteiger partial charge in [-0.15, -0.1) is 0 Å². The summed E-state index contributed by atoms with van der Waals surface area (Å²) in [5.41, 5.74) is -0.155. The second-order valence-corrected chi connectivity index (χ2v) is 2.54. The molecule has 4 N–H and O–H groups in total. The largest absolute Gasteiger partial charge is 0.504 e. The quantitative estimate of drug-likeness (QED) is 0.517. The summed E-state index contributed by atoms with van der Waals surface area (Å²) in [7, 11) is 0. The van der Waals surface area contributed by atoms with Crippen molar-refractivity contribution in [2.75, 3.05) is 6.67 Å². The number of phenolic OH excluding ortho intramolecular Hbond substituents is 3. The lowest BCUT2D eigenvalue weighted by Crippen LogP contribution is -1.99. The van der Waals surface area contributed by atoms with Gasteiger partial charge in [-0.3, -0.25) is 0 Å². The monoisotopic (exact) mass is 188 g/mol. The molecule has 72 valence electrons. The highest BCUT2D eigenvalue weighted by atomic mass is 19.1. The molecule has 13 heavy (non-hydrogen) atoms. The average molecular weight is 188 g/mol. The van der Waals surface area contributed by atoms with Crippen molar-refractivity contribution in [2.45, 2.75) is 6.10 Å². The number of hydrogen-bond donors (Lipinski definition) is 4. The Kier molecular flexibility index (Phi) is 2.57. The topological polar surface area (TPSA) is 80.9 Å². The first-order valence-electron chi connectivity index (χ1n) is 3.55. The Balaban J connectivity index is 3.18. The van der Waals surface area contributed by atoms with Crippen LogP contribution in [0.25, 0.3) is 0 Å². The number of rotatable bonds is 2. The Morgan fingerprint density at radius 2 is 1.77 bits per heavy atom. The van der Waals surface area contributed by atoms with E-state index in [2.05, 4.69) is 0 Å². The lowest BCUT2D eigenvalue weighted by molar-refractivity contribution is 0.138. The fourth-order valence-corrected chi connectivity index (χ4v) is 0.937. The van der Waals surface area contributed by atoms with E-state index < -0.39 is 30.0 Å². The number of phenols is 3. The molecule has 0 aliphatic rings. The van der Waals surface area contributed by atoms with Crippen LogP contribution in [0.15, 0.2) is 12.1 Å². The van der Waals surface area contributed by atoms with Crippen LogP contribution in [-0.4, -0.2) is 27.1 Å². The minimum absolute atomic E-state index is 0.155. The van der Waals surface area contributed by atoms with Gasteiger partial charge in [0.15, 0.2) is 11.5 Å². The van der Waals surface area contributed by atoms with E-state index in [1.165, 1.54) is 0 Å². The van der Waals surface area contributed by atoms with Gasteiger partial charge in [0.1, 0.15) is 12.8 Å². The molecule has 0 spiro atoms. The van der Waals surface area contributed by atoms with Crippen molar-refractivity contribution in [3.8, 4) is 17.2 Å². The lowest BCUT2D eigenvalue weighted by Gasteiger charge is -2.10. The van der Waals surface area contributed by atoms with Crippen molar-refractivity contribution in [1.82, 2.24) is 0 Å². The van der Waals surface area contributed by atoms with E-state index in [9.17, 15) is 4.39 Å². The summed E-state index contributed by atoms with van der Waals surface area (Å²) in [6.07, 6.45) is -1.49. The molecular weight excluding hydrogens is 179 g/mol. The van der Waals surface area contributed by atoms with Crippen molar-refractivity contribution in [1.29, 1.82) is 0 Å². The minimum Gasteiger partial charge on any atom is -0.504 e. The summed E-state index contributed by atoms with van der Waals surface area (Å²) in [5.74, 6) is -1.98. The fraction of sp³-hybridized carbons (Fsp3) is 0.250. The second-order valence-electron chi connectivity index (χ2n) is 2.54. The highest BCUT2D eigenvalue weighted by Gasteiger charge is 2.16. The van der Waals surface area contributed by atoms with Gasteiger partial charge in [0.05, 0.1) is 0 Å². The Hall–Kier alpha value is -1.49. The number of hydrogen-bond acceptors (Lipinski definition) is 4. The fourth-order valence-electron chi connectivity index (χ4n) is 0.937. The van der Waals surface area contributed by atoms with Crippen LogP contribution in [0.5, 0.6) is 17.2 Å². The van der Waals surface area contributed by atoms with E-state index in [0.717, 1.165) is 12.1 Å². The van der Waals surface area contributed by atoms with Crippen LogP contribution < -0.4 is 0 Å². The minimum atomic E-state index is -1.49. The summed E-state index contributed by atoms with van der Waals surface area (Å²) in [4.78, 5) is 0. The molecule has 0 heterocycles. The molecule has 0 fully saturated rings. The smallest absolute Gasteiger partial charge is 0.200 e. The Morgan fingerprint density at radius 3 is 2.31 bits per heavy atom. The Morgan fingerprint density at radius 1 is 1.15 bits per heavy atom. The third-order valence-corrected chi connectivity index (χ3v) is 1.67. The third kappa shape index (κ3) is 1.65. The van der Waals surface area contributed by atoms with Gasteiger partial charge in [-0.05, 0) is 12.1 Å². The molecule has 1 rings (SSSR count). The lowest BCUT2D eigenvalue weighted by atomic mass is 10.1. The molecule has 4 nitrogen and oxygen atoms in total. The molecule has 1 unspecified atom stereocenters. The number of aliphatic hydroxyl groups is 1. The molecule has 1 aromatic rings. The van der Waals surface area contributed by atoms with Gasteiger partial charge in [0.2, 0.25) is 5.75 Å². The average Bonchev–Trinajstić information content (AvgIpc) is 2.13. The summed E-state index contributed by atoms with van der Waals surface area (Å²) in [6.45, 7) is -1.07. The van der Waals surface area contributed by atoms with E-state index in [-0.39, 0.29) is 5.56 Å². The molecule has 0 aromatic heterocycles. The first-order valence-corrected chi connectivity index (χ1v) is 3.55. The molecule has 5 heteroatoms. The number of benzene rings is 1. The van der Waals surface area contributed by atoms with Crippen LogP contribution in [0, 0.1) is 0 Å². The number of halogens is 1. The van der Waals surface area contributed by atoms with Crippen molar-refractivity contribution in [3.05, 3.63) is 17.7 Å². The van der Waals surface area contributed by atoms with Gasteiger partial charge < -0.3 is 20.4 Å². The molecular formula is C8H9FO4. The molecule has 0 amide bonds. The van der Waals surface area contributed by atoms with Gasteiger partial charge in [-0.25, -0.2) is 4.39 Å². The maximum Gasteiger partial charge on any atom is 0.200 e. The molecule has 0 radical (unpaired) electrons. The molecule has 1 aromatic carbocycles. The van der Waals surface area contributed by atoms with E-state index in [0.29, 0.717) is 0 Å². The normalized spacial score (nSPS) is 12.8. The molecule has 0 bridgehead atoms. The molecule has 1 atom stereocenters. The SMILES string of the molecule is Oc1ccc(C(O)CF)c(O)c1O. The van der Waals surface area contributed by atoms with E-state index in [1.54, 1.807) is 0 Å². The number of aliphatic hydroxyl groups excluding tert-OH is 1. The maximum atomic E-state index is 12.0. The van der Waals surface area contributed by atoms with E-state index in [4.69, 9.17) is 20.4 Å². The zero-order valence-electron chi connectivity index (χ0n) is 6.61. The molecule has 0 saturated carbocycles. The zero-order chi connectivity index (χ0) is 10.0. The van der Waals surface area contributed by atoms with Crippen LogP contribution in [0.2, 0.25) is 0 Å². The van der Waals surface area contributed by atoms with E-state index in [1.807, 2.05) is 0 Å². The summed E-state index contributed by atoms with van der Waals surface area (Å²) in [5, 5.41) is 36.0. The van der Waals surface area contributed by atoms with Gasteiger partial charge in [0, 0.05) is 5.56 Å². The standard InChI is InChI=1S/C8H9FO4/c9-3-6(11)4-1-2-5(10)8(13)7(4)12/h1-2,6,10-13H,3H2. The van der Waals surface area contributed by atoms with Crippen molar-refractivity contribution < 1.29 is 24.8 Å². The number of alkyl halides is 1. The van der Waals surface area contributed by atoms with Gasteiger partial charge >= 0.3 is 0 Å². The summed E-state index contributed by atoms with van der Waals surface area (Å²) < 4.78 is 12.0. The van der Waals surface area contributed by atoms with Crippen LogP contribution in [0.3, 0.4) is 0 Å². The number of aromatic hydroxyl groups is 3. The second kappa shape index (κ2) is 3.49. The van der Waals surface area contributed by atoms with Crippen LogP contribution in [-0.2, 0) is 0 Å². The van der Waals surface area contributed by atoms with Crippen LogP contribution in [0.4, 0.5) is 4.39 Å². The predicted octanol–water partition coefficient (Wildman–Crippen LogP) is 0.806. The van der Waals surface area contributed by atoms with Crippen molar-refractivity contribution >= 4 is 0 Å². The Bertz CT molecular complexity index is 313. The third-order valence-electron chi connectivity index (χ3n) is 1.67. The summed E-state index contributed by atoms with van der Waals surface area (Å²) >= 11 is 0. The zero-order valence-corrected chi connectivity index (χ0v) is 6.61. The maximum absolute atomic E-state index is 12.0. The predicted molar refractivity (Wildman–Crippen MR) is 42.4 cm³/mol. The van der Waals surface area contributed by atoms with Crippen LogP contribution >= 0.6 is 0 Å². The van der Waals surface area contributed by atoms with Gasteiger partial charge in [-0.1, -0.05) is 0 Å². The first-order chi connectivity index (χ1) is 6.07. The van der Waals surface area contributed by atoms with Crippen molar-refractivity contribution in [2.24, 2.45) is 0 Å². The first kappa shape index (κ1) is 9.60. The summed E-state index contributed by atoms with van der Waals surface area (Å²) in [6, 6.07) is 2.19. The van der Waals surface area contributed by atoms with Crippen LogP contribution in [0.1, 0.15) is 11.7 Å². The molecule has 0 aliphatic carbocycles. The van der Waals surface area contributed by atoms with Gasteiger partial charge in [-0.2, -0.15) is 0 Å².